The molecule has 148 valence electrons. The van der Waals surface area contributed by atoms with E-state index < -0.39 is 5.91 Å². The smallest absolute Gasteiger partial charge is 0.271 e. The lowest BCUT2D eigenvalue weighted by Crippen LogP contribution is -2.24. The zero-order valence-corrected chi connectivity index (χ0v) is 15.9. The average Bonchev–Trinajstić information content (AvgIpc) is 2.75. The van der Waals surface area contributed by atoms with Crippen molar-refractivity contribution in [3.05, 3.63) is 48.8 Å². The third-order valence-electron chi connectivity index (χ3n) is 4.79. The van der Waals surface area contributed by atoms with E-state index in [2.05, 4.69) is 35.6 Å². The maximum absolute atomic E-state index is 11.8. The van der Waals surface area contributed by atoms with Crippen LogP contribution in [0.1, 0.15) is 42.6 Å². The van der Waals surface area contributed by atoms with Gasteiger partial charge in [-0.05, 0) is 25.0 Å². The molecule has 0 aliphatic heterocycles. The highest BCUT2D eigenvalue weighted by Crippen LogP contribution is 2.24. The van der Waals surface area contributed by atoms with E-state index in [9.17, 15) is 4.79 Å². The molecule has 1 fully saturated rings. The third-order valence-corrected chi connectivity index (χ3v) is 4.79. The fourth-order valence-electron chi connectivity index (χ4n) is 3.40. The average molecular weight is 390 g/mol. The molecular formula is C20H22N8O. The fraction of sp³-hybridized carbons (Fsp3) is 0.300. The number of aromatic nitrogens is 5. The van der Waals surface area contributed by atoms with Gasteiger partial charge in [-0.15, -0.1) is 0 Å². The van der Waals surface area contributed by atoms with Crippen LogP contribution in [0.4, 0.5) is 17.3 Å². The summed E-state index contributed by atoms with van der Waals surface area (Å²) in [5.74, 6) is 0.795. The summed E-state index contributed by atoms with van der Waals surface area (Å²) < 4.78 is 0. The highest BCUT2D eigenvalue weighted by Gasteiger charge is 2.17. The lowest BCUT2D eigenvalue weighted by molar-refractivity contribution is 0.0996. The lowest BCUT2D eigenvalue weighted by Gasteiger charge is -2.23. The fourth-order valence-corrected chi connectivity index (χ4v) is 3.40. The van der Waals surface area contributed by atoms with E-state index in [4.69, 9.17) is 5.73 Å². The van der Waals surface area contributed by atoms with Crippen LogP contribution in [-0.2, 0) is 0 Å². The maximum Gasteiger partial charge on any atom is 0.271 e. The molecule has 4 rings (SSSR count). The predicted octanol–water partition coefficient (Wildman–Crippen LogP) is 2.92. The minimum absolute atomic E-state index is 0.0700. The maximum atomic E-state index is 11.8. The number of anilines is 3. The highest BCUT2D eigenvalue weighted by molar-refractivity contribution is 5.96. The topological polar surface area (TPSA) is 132 Å². The van der Waals surface area contributed by atoms with Crippen LogP contribution >= 0.6 is 0 Å². The van der Waals surface area contributed by atoms with Gasteiger partial charge in [0.25, 0.3) is 5.91 Å². The first-order valence-electron chi connectivity index (χ1n) is 9.62. The lowest BCUT2D eigenvalue weighted by atomic mass is 9.96. The Morgan fingerprint density at radius 2 is 1.83 bits per heavy atom. The molecule has 1 saturated carbocycles. The van der Waals surface area contributed by atoms with Crippen LogP contribution in [0.3, 0.4) is 0 Å². The summed E-state index contributed by atoms with van der Waals surface area (Å²) in [5.41, 5.74) is 6.92. The number of nitrogens with one attached hydrogen (secondary N) is 2. The van der Waals surface area contributed by atoms with Gasteiger partial charge < -0.3 is 16.4 Å². The number of nitrogens with zero attached hydrogens (tertiary/aromatic N) is 5. The third kappa shape index (κ3) is 4.63. The van der Waals surface area contributed by atoms with Crippen LogP contribution in [0.2, 0.25) is 0 Å². The first-order chi connectivity index (χ1) is 14.2. The molecule has 0 saturated heterocycles. The zero-order valence-electron chi connectivity index (χ0n) is 15.9. The Hall–Kier alpha value is -3.62. The molecule has 29 heavy (non-hydrogen) atoms. The normalized spacial score (nSPS) is 14.3. The molecule has 0 aromatic carbocycles. The number of amides is 1. The van der Waals surface area contributed by atoms with Crippen molar-refractivity contribution >= 4 is 23.2 Å². The van der Waals surface area contributed by atoms with Gasteiger partial charge in [0, 0.05) is 30.2 Å². The Kier molecular flexibility index (Phi) is 5.55. The van der Waals surface area contributed by atoms with Crippen LogP contribution in [0.25, 0.3) is 11.4 Å². The number of carbonyl (C=O) groups excluding carboxylic acids is 1. The molecular weight excluding hydrogens is 368 g/mol. The molecule has 0 radical (unpaired) electrons. The summed E-state index contributed by atoms with van der Waals surface area (Å²) >= 11 is 0. The second kappa shape index (κ2) is 8.59. The Bertz CT molecular complexity index is 989. The number of hydrogen-bond donors (Lipinski definition) is 3. The molecule has 3 aromatic heterocycles. The minimum atomic E-state index is -0.653. The molecule has 1 aliphatic rings. The molecule has 0 atom stereocenters. The van der Waals surface area contributed by atoms with Crippen LogP contribution in [-0.4, -0.2) is 36.9 Å². The molecule has 1 aliphatic carbocycles. The second-order valence-corrected chi connectivity index (χ2v) is 6.96. The standard InChI is InChI=1S/C20H22N8O/c21-18(29)17-20(28-16(12-25-17)26-14-5-2-1-3-6-14)27-15-9-13(10-22-11-15)19-23-7-4-8-24-19/h4,7-12,14H,1-3,5-6H2,(H2,21,29)(H2,26,27,28). The monoisotopic (exact) mass is 390 g/mol. The second-order valence-electron chi connectivity index (χ2n) is 6.96. The molecule has 3 aromatic rings. The number of hydrogen-bond acceptors (Lipinski definition) is 8. The van der Waals surface area contributed by atoms with Crippen molar-refractivity contribution in [2.45, 2.75) is 38.1 Å². The van der Waals surface area contributed by atoms with Crippen molar-refractivity contribution in [3.8, 4) is 11.4 Å². The molecule has 1 amide bonds. The Labute approximate surface area is 168 Å². The van der Waals surface area contributed by atoms with Crippen molar-refractivity contribution in [2.75, 3.05) is 10.6 Å². The molecule has 9 nitrogen and oxygen atoms in total. The first kappa shape index (κ1) is 18.7. The SMILES string of the molecule is NC(=O)c1ncc(NC2CCCCC2)nc1Nc1cncc(-c2ncccn2)c1. The van der Waals surface area contributed by atoms with Gasteiger partial charge in [0.2, 0.25) is 0 Å². The Morgan fingerprint density at radius 3 is 2.59 bits per heavy atom. The number of carbonyl (C=O) groups is 1. The Morgan fingerprint density at radius 1 is 1.03 bits per heavy atom. The molecule has 0 unspecified atom stereocenters. The van der Waals surface area contributed by atoms with Crippen molar-refractivity contribution in [2.24, 2.45) is 5.73 Å². The van der Waals surface area contributed by atoms with Gasteiger partial charge in [-0.3, -0.25) is 9.78 Å². The number of primary amides is 1. The number of nitrogens with two attached hydrogens (primary N) is 1. The summed E-state index contributed by atoms with van der Waals surface area (Å²) in [4.78, 5) is 33.3. The first-order valence-corrected chi connectivity index (χ1v) is 9.62. The van der Waals surface area contributed by atoms with E-state index >= 15 is 0 Å². The van der Waals surface area contributed by atoms with Gasteiger partial charge in [-0.25, -0.2) is 19.9 Å². The molecule has 9 heteroatoms. The van der Waals surface area contributed by atoms with E-state index in [0.717, 1.165) is 18.4 Å². The number of pyridine rings is 1. The van der Waals surface area contributed by atoms with E-state index in [0.29, 0.717) is 23.4 Å². The van der Waals surface area contributed by atoms with E-state index in [1.54, 1.807) is 37.1 Å². The van der Waals surface area contributed by atoms with E-state index in [1.165, 1.54) is 19.3 Å². The van der Waals surface area contributed by atoms with E-state index in [1.807, 2.05) is 6.07 Å². The van der Waals surface area contributed by atoms with Gasteiger partial charge in [0.05, 0.1) is 18.1 Å². The predicted molar refractivity (Wildman–Crippen MR) is 110 cm³/mol. The summed E-state index contributed by atoms with van der Waals surface area (Å²) in [6, 6.07) is 3.94. The largest absolute Gasteiger partial charge is 0.366 e. The van der Waals surface area contributed by atoms with Crippen LogP contribution < -0.4 is 16.4 Å². The van der Waals surface area contributed by atoms with Gasteiger partial charge >= 0.3 is 0 Å². The van der Waals surface area contributed by atoms with Crippen molar-refractivity contribution in [1.29, 1.82) is 0 Å². The Balaban J connectivity index is 1.59. The van der Waals surface area contributed by atoms with Crippen LogP contribution in [0.15, 0.2) is 43.1 Å². The van der Waals surface area contributed by atoms with Gasteiger partial charge in [-0.1, -0.05) is 19.3 Å². The summed E-state index contributed by atoms with van der Waals surface area (Å²) in [5, 5.41) is 6.52. The van der Waals surface area contributed by atoms with E-state index in [-0.39, 0.29) is 11.5 Å². The van der Waals surface area contributed by atoms with Gasteiger partial charge in [0.15, 0.2) is 17.3 Å². The molecule has 3 heterocycles. The molecule has 0 spiro atoms. The minimum Gasteiger partial charge on any atom is -0.366 e. The van der Waals surface area contributed by atoms with Gasteiger partial charge in [-0.2, -0.15) is 0 Å². The molecule has 0 bridgehead atoms. The summed E-state index contributed by atoms with van der Waals surface area (Å²) in [6.07, 6.45) is 14.1. The zero-order chi connectivity index (χ0) is 20.1. The van der Waals surface area contributed by atoms with Crippen molar-refractivity contribution in [1.82, 2.24) is 24.9 Å². The highest BCUT2D eigenvalue weighted by atomic mass is 16.1. The van der Waals surface area contributed by atoms with Crippen LogP contribution in [0.5, 0.6) is 0 Å². The number of rotatable bonds is 6. The van der Waals surface area contributed by atoms with Crippen molar-refractivity contribution < 1.29 is 4.79 Å². The van der Waals surface area contributed by atoms with Crippen molar-refractivity contribution in [3.63, 3.8) is 0 Å². The van der Waals surface area contributed by atoms with Crippen LogP contribution in [0, 0.1) is 0 Å². The summed E-state index contributed by atoms with van der Waals surface area (Å²) in [6.45, 7) is 0. The molecule has 4 N–H and O–H groups in total. The quantitative estimate of drug-likeness (QED) is 0.585. The summed E-state index contributed by atoms with van der Waals surface area (Å²) in [7, 11) is 0. The van der Waals surface area contributed by atoms with Gasteiger partial charge in [0.1, 0.15) is 5.82 Å².